The summed E-state index contributed by atoms with van der Waals surface area (Å²) >= 11 is 2.10. The monoisotopic (exact) mass is 374 g/mol. The van der Waals surface area contributed by atoms with Crippen LogP contribution in [0.4, 0.5) is 20.2 Å². The fourth-order valence-corrected chi connectivity index (χ4v) is 1.87. The maximum absolute atomic E-state index is 13.5. The van der Waals surface area contributed by atoms with Gasteiger partial charge in [-0.25, -0.2) is 8.78 Å². The molecule has 98 valence electrons. The van der Waals surface area contributed by atoms with E-state index in [9.17, 15) is 13.6 Å². The van der Waals surface area contributed by atoms with Crippen LogP contribution in [-0.4, -0.2) is 5.91 Å². The first-order valence-electron chi connectivity index (χ1n) is 5.29. The molecular formula is C13H9F2IN2O. The summed E-state index contributed by atoms with van der Waals surface area (Å²) in [5, 5.41) is 2.33. The molecule has 1 amide bonds. The molecule has 2 rings (SSSR count). The molecule has 0 saturated carbocycles. The standard InChI is InChI=1S/C13H9F2IN2O/c14-8-5-10(15)12(11(17)6-8)18-13(19)7-1-3-9(16)4-2-7/h1-6H,17H2,(H,18,19). The summed E-state index contributed by atoms with van der Waals surface area (Å²) in [6, 6.07) is 8.33. The number of nitrogen functional groups attached to an aromatic ring is 1. The highest BCUT2D eigenvalue weighted by Crippen LogP contribution is 2.24. The molecule has 19 heavy (non-hydrogen) atoms. The van der Waals surface area contributed by atoms with Crippen molar-refractivity contribution in [2.45, 2.75) is 0 Å². The molecule has 3 nitrogen and oxygen atoms in total. The van der Waals surface area contributed by atoms with Gasteiger partial charge in [-0.15, -0.1) is 0 Å². The summed E-state index contributed by atoms with van der Waals surface area (Å²) < 4.78 is 27.4. The topological polar surface area (TPSA) is 55.1 Å². The Hall–Kier alpha value is -1.70. The first-order valence-corrected chi connectivity index (χ1v) is 6.36. The number of carbonyl (C=O) groups excluding carboxylic acids is 1. The lowest BCUT2D eigenvalue weighted by molar-refractivity contribution is 0.102. The Morgan fingerprint density at radius 3 is 2.37 bits per heavy atom. The predicted molar refractivity (Wildman–Crippen MR) is 77.9 cm³/mol. The highest BCUT2D eigenvalue weighted by atomic mass is 127. The van der Waals surface area contributed by atoms with Crippen LogP contribution in [-0.2, 0) is 0 Å². The second-order valence-corrected chi connectivity index (χ2v) is 5.06. The average molecular weight is 374 g/mol. The SMILES string of the molecule is Nc1cc(F)cc(F)c1NC(=O)c1ccc(I)cc1. The smallest absolute Gasteiger partial charge is 0.255 e. The van der Waals surface area contributed by atoms with E-state index in [1.54, 1.807) is 24.3 Å². The normalized spacial score (nSPS) is 10.3. The fraction of sp³-hybridized carbons (Fsp3) is 0. The van der Waals surface area contributed by atoms with Gasteiger partial charge in [-0.2, -0.15) is 0 Å². The molecule has 0 radical (unpaired) electrons. The lowest BCUT2D eigenvalue weighted by Gasteiger charge is -2.09. The molecule has 0 aliphatic rings. The van der Waals surface area contributed by atoms with Gasteiger partial charge in [-0.1, -0.05) is 0 Å². The molecule has 2 aromatic rings. The fourth-order valence-electron chi connectivity index (χ4n) is 1.51. The van der Waals surface area contributed by atoms with E-state index < -0.39 is 17.5 Å². The molecule has 0 aliphatic heterocycles. The number of hydrogen-bond acceptors (Lipinski definition) is 2. The maximum atomic E-state index is 13.5. The van der Waals surface area contributed by atoms with Crippen molar-refractivity contribution in [2.24, 2.45) is 0 Å². The van der Waals surface area contributed by atoms with E-state index in [0.29, 0.717) is 11.6 Å². The lowest BCUT2D eigenvalue weighted by Crippen LogP contribution is -2.14. The molecular weight excluding hydrogens is 365 g/mol. The number of benzene rings is 2. The third kappa shape index (κ3) is 3.19. The van der Waals surface area contributed by atoms with Gasteiger partial charge in [0.1, 0.15) is 11.5 Å². The van der Waals surface area contributed by atoms with Crippen LogP contribution in [0, 0.1) is 15.2 Å². The van der Waals surface area contributed by atoms with Gasteiger partial charge in [0.2, 0.25) is 0 Å². The van der Waals surface area contributed by atoms with Crippen LogP contribution in [0.1, 0.15) is 10.4 Å². The number of nitrogens with two attached hydrogens (primary N) is 1. The third-order valence-corrected chi connectivity index (χ3v) is 3.15. The van der Waals surface area contributed by atoms with Gasteiger partial charge in [0.25, 0.3) is 5.91 Å². The number of halogens is 3. The minimum Gasteiger partial charge on any atom is -0.397 e. The van der Waals surface area contributed by atoms with E-state index >= 15 is 0 Å². The van der Waals surface area contributed by atoms with Gasteiger partial charge < -0.3 is 11.1 Å². The summed E-state index contributed by atoms with van der Waals surface area (Å²) in [5.74, 6) is -2.20. The second-order valence-electron chi connectivity index (χ2n) is 3.81. The highest BCUT2D eigenvalue weighted by molar-refractivity contribution is 14.1. The van der Waals surface area contributed by atoms with E-state index in [0.717, 1.165) is 9.64 Å². The molecule has 0 atom stereocenters. The van der Waals surface area contributed by atoms with E-state index in [2.05, 4.69) is 27.9 Å². The molecule has 6 heteroatoms. The molecule has 3 N–H and O–H groups in total. The molecule has 0 aromatic heterocycles. The minimum atomic E-state index is -0.906. The van der Waals surface area contributed by atoms with Crippen LogP contribution in [0.3, 0.4) is 0 Å². The lowest BCUT2D eigenvalue weighted by atomic mass is 10.2. The summed E-state index contributed by atoms with van der Waals surface area (Å²) in [6.07, 6.45) is 0. The van der Waals surface area contributed by atoms with Crippen molar-refractivity contribution >= 4 is 39.9 Å². The Kier molecular flexibility index (Phi) is 3.98. The van der Waals surface area contributed by atoms with Gasteiger partial charge in [-0.05, 0) is 52.9 Å². The zero-order valence-corrected chi connectivity index (χ0v) is 11.7. The molecule has 0 aliphatic carbocycles. The van der Waals surface area contributed by atoms with E-state index in [1.807, 2.05) is 0 Å². The Morgan fingerprint density at radius 1 is 1.16 bits per heavy atom. The number of anilines is 2. The Bertz CT molecular complexity index is 606. The van der Waals surface area contributed by atoms with Crippen LogP contribution in [0.2, 0.25) is 0 Å². The van der Waals surface area contributed by atoms with Gasteiger partial charge in [-0.3, -0.25) is 4.79 Å². The van der Waals surface area contributed by atoms with Crippen LogP contribution in [0.25, 0.3) is 0 Å². The van der Waals surface area contributed by atoms with Crippen LogP contribution in [0.15, 0.2) is 36.4 Å². The Labute approximate surface area is 121 Å². The number of amides is 1. The van der Waals surface area contributed by atoms with Crippen LogP contribution < -0.4 is 11.1 Å². The molecule has 0 heterocycles. The van der Waals surface area contributed by atoms with Crippen molar-refractivity contribution < 1.29 is 13.6 Å². The van der Waals surface area contributed by atoms with Crippen molar-refractivity contribution in [2.75, 3.05) is 11.1 Å². The molecule has 2 aromatic carbocycles. The molecule has 0 saturated heterocycles. The summed E-state index contributed by atoms with van der Waals surface area (Å²) in [6.45, 7) is 0. The molecule has 0 bridgehead atoms. The average Bonchev–Trinajstić information content (AvgIpc) is 2.34. The second kappa shape index (κ2) is 5.52. The van der Waals surface area contributed by atoms with E-state index in [4.69, 9.17) is 5.73 Å². The first-order chi connectivity index (χ1) is 8.97. The third-order valence-electron chi connectivity index (χ3n) is 2.43. The Morgan fingerprint density at radius 2 is 1.79 bits per heavy atom. The number of hydrogen-bond donors (Lipinski definition) is 2. The Balaban J connectivity index is 2.26. The summed E-state index contributed by atoms with van der Waals surface area (Å²) in [5.41, 5.74) is 5.47. The van der Waals surface area contributed by atoms with Gasteiger partial charge in [0.05, 0.1) is 5.69 Å². The van der Waals surface area contributed by atoms with Gasteiger partial charge in [0.15, 0.2) is 5.82 Å². The van der Waals surface area contributed by atoms with Crippen LogP contribution >= 0.6 is 22.6 Å². The number of carbonyl (C=O) groups is 1. The van der Waals surface area contributed by atoms with Crippen LogP contribution in [0.5, 0.6) is 0 Å². The largest absolute Gasteiger partial charge is 0.397 e. The predicted octanol–water partition coefficient (Wildman–Crippen LogP) is 3.40. The quantitative estimate of drug-likeness (QED) is 0.626. The zero-order valence-electron chi connectivity index (χ0n) is 9.58. The molecule has 0 unspecified atom stereocenters. The van der Waals surface area contributed by atoms with Crippen molar-refractivity contribution in [3.05, 3.63) is 57.2 Å². The minimum absolute atomic E-state index is 0.156. The number of nitrogens with one attached hydrogen (secondary N) is 1. The van der Waals surface area contributed by atoms with E-state index in [-0.39, 0.29) is 11.4 Å². The van der Waals surface area contributed by atoms with Gasteiger partial charge >= 0.3 is 0 Å². The number of rotatable bonds is 2. The summed E-state index contributed by atoms with van der Waals surface area (Å²) in [7, 11) is 0. The maximum Gasteiger partial charge on any atom is 0.255 e. The van der Waals surface area contributed by atoms with Gasteiger partial charge in [0, 0.05) is 15.2 Å². The van der Waals surface area contributed by atoms with Crippen molar-refractivity contribution in [3.63, 3.8) is 0 Å². The highest BCUT2D eigenvalue weighted by Gasteiger charge is 2.13. The molecule has 0 spiro atoms. The summed E-state index contributed by atoms with van der Waals surface area (Å²) in [4.78, 5) is 11.9. The van der Waals surface area contributed by atoms with Crippen molar-refractivity contribution in [3.8, 4) is 0 Å². The zero-order chi connectivity index (χ0) is 14.0. The van der Waals surface area contributed by atoms with Crippen molar-refractivity contribution in [1.29, 1.82) is 0 Å². The molecule has 0 fully saturated rings. The van der Waals surface area contributed by atoms with Crippen molar-refractivity contribution in [1.82, 2.24) is 0 Å². The van der Waals surface area contributed by atoms with E-state index in [1.165, 1.54) is 0 Å². The first kappa shape index (κ1) is 13.7.